The number of fused-ring (bicyclic) bond motifs is 1. The molecule has 1 fully saturated rings. The van der Waals surface area contributed by atoms with Crippen LogP contribution in [-0.4, -0.2) is 71.4 Å². The predicted molar refractivity (Wildman–Crippen MR) is 138 cm³/mol. The van der Waals surface area contributed by atoms with Gasteiger partial charge in [-0.25, -0.2) is 4.98 Å². The Hall–Kier alpha value is -2.95. The number of nitrogens with two attached hydrogens (primary N) is 1. The number of hydrogen-bond donors (Lipinski definition) is 2. The van der Waals surface area contributed by atoms with Crippen molar-refractivity contribution in [1.82, 2.24) is 9.88 Å². The van der Waals surface area contributed by atoms with Crippen molar-refractivity contribution in [2.45, 2.75) is 63.8 Å². The van der Waals surface area contributed by atoms with Crippen LogP contribution >= 0.6 is 0 Å². The molecule has 0 spiro atoms. The zero-order valence-electron chi connectivity index (χ0n) is 22.0. The molecule has 2 aliphatic rings. The molecule has 0 aliphatic carbocycles. The van der Waals surface area contributed by atoms with Gasteiger partial charge in [0.25, 0.3) is 5.91 Å². The maximum absolute atomic E-state index is 13.7. The second kappa shape index (κ2) is 8.86. The van der Waals surface area contributed by atoms with E-state index in [9.17, 15) is 14.7 Å². The van der Waals surface area contributed by atoms with Gasteiger partial charge in [-0.3, -0.25) is 9.59 Å². The van der Waals surface area contributed by atoms with E-state index >= 15 is 0 Å². The number of anilines is 1. The Morgan fingerprint density at radius 1 is 1.22 bits per heavy atom. The van der Waals surface area contributed by atoms with Gasteiger partial charge in [-0.05, 0) is 63.8 Å². The average Bonchev–Trinajstić information content (AvgIpc) is 3.25. The number of primary amides is 1. The van der Waals surface area contributed by atoms with Crippen LogP contribution in [0.2, 0.25) is 0 Å². The van der Waals surface area contributed by atoms with Gasteiger partial charge in [0.2, 0.25) is 5.91 Å². The minimum absolute atomic E-state index is 0.182. The van der Waals surface area contributed by atoms with Gasteiger partial charge >= 0.3 is 7.12 Å². The zero-order valence-corrected chi connectivity index (χ0v) is 22.0. The molecule has 10 heteroatoms. The van der Waals surface area contributed by atoms with E-state index in [0.717, 1.165) is 11.0 Å². The van der Waals surface area contributed by atoms with E-state index in [0.29, 0.717) is 17.1 Å². The van der Waals surface area contributed by atoms with Crippen LogP contribution in [0.25, 0.3) is 0 Å². The third-order valence-corrected chi connectivity index (χ3v) is 7.96. The first-order valence-electron chi connectivity index (χ1n) is 12.1. The molecule has 3 N–H and O–H groups in total. The van der Waals surface area contributed by atoms with Crippen LogP contribution in [-0.2, 0) is 20.6 Å². The second-order valence-electron chi connectivity index (χ2n) is 11.0. The normalized spacial score (nSPS) is 20.7. The SMILES string of the molecule is CN(C)c1cccc([C@@H](CO)C(C)(C(N)=O)N2Cc3ccc(B4OC(C)(C)C(C)(C)O4)cc3C2=O)n1. The van der Waals surface area contributed by atoms with Gasteiger partial charge in [-0.2, -0.15) is 0 Å². The van der Waals surface area contributed by atoms with E-state index in [4.69, 9.17) is 15.0 Å². The molecule has 2 aromatic rings. The molecule has 192 valence electrons. The molecule has 36 heavy (non-hydrogen) atoms. The Bertz CT molecular complexity index is 1180. The van der Waals surface area contributed by atoms with Crippen molar-refractivity contribution < 1.29 is 24.0 Å². The molecule has 2 amide bonds. The number of benzene rings is 1. The van der Waals surface area contributed by atoms with E-state index in [1.165, 1.54) is 4.90 Å². The summed E-state index contributed by atoms with van der Waals surface area (Å²) in [4.78, 5) is 34.6. The second-order valence-corrected chi connectivity index (χ2v) is 11.0. The highest BCUT2D eigenvalue weighted by Gasteiger charge is 2.53. The number of aromatic nitrogens is 1. The number of aliphatic hydroxyl groups excluding tert-OH is 1. The first-order chi connectivity index (χ1) is 16.7. The van der Waals surface area contributed by atoms with Crippen LogP contribution < -0.4 is 16.1 Å². The molecule has 9 nitrogen and oxygen atoms in total. The van der Waals surface area contributed by atoms with Crippen molar-refractivity contribution in [2.24, 2.45) is 5.73 Å². The number of hydrogen-bond acceptors (Lipinski definition) is 7. The van der Waals surface area contributed by atoms with Gasteiger partial charge in [0.1, 0.15) is 11.4 Å². The Balaban J connectivity index is 1.69. The smallest absolute Gasteiger partial charge is 0.399 e. The van der Waals surface area contributed by atoms with Crippen molar-refractivity contribution in [3.05, 3.63) is 53.2 Å². The third-order valence-electron chi connectivity index (χ3n) is 7.96. The molecule has 1 aromatic carbocycles. The maximum Gasteiger partial charge on any atom is 0.494 e. The number of aliphatic hydroxyl groups is 1. The third kappa shape index (κ3) is 4.07. The van der Waals surface area contributed by atoms with E-state index in [-0.39, 0.29) is 12.5 Å². The molecular formula is C26H35BN4O5. The van der Waals surface area contributed by atoms with Crippen LogP contribution in [0.1, 0.15) is 62.2 Å². The maximum atomic E-state index is 13.7. The van der Waals surface area contributed by atoms with Gasteiger partial charge < -0.3 is 29.9 Å². The lowest BCUT2D eigenvalue weighted by molar-refractivity contribution is -0.130. The fraction of sp³-hybridized carbons (Fsp3) is 0.500. The molecule has 2 atom stereocenters. The van der Waals surface area contributed by atoms with Crippen LogP contribution in [0, 0.1) is 0 Å². The predicted octanol–water partition coefficient (Wildman–Crippen LogP) is 1.42. The van der Waals surface area contributed by atoms with Crippen LogP contribution in [0.15, 0.2) is 36.4 Å². The molecular weight excluding hydrogens is 459 g/mol. The van der Waals surface area contributed by atoms with Gasteiger partial charge in [0, 0.05) is 26.2 Å². The minimum atomic E-state index is -1.52. The fourth-order valence-corrected chi connectivity index (χ4v) is 4.75. The summed E-state index contributed by atoms with van der Waals surface area (Å²) in [7, 11) is 3.09. The van der Waals surface area contributed by atoms with Crippen LogP contribution in [0.4, 0.5) is 5.82 Å². The lowest BCUT2D eigenvalue weighted by Gasteiger charge is -2.41. The number of pyridine rings is 1. The number of rotatable bonds is 7. The monoisotopic (exact) mass is 494 g/mol. The van der Waals surface area contributed by atoms with Gasteiger partial charge in [0.15, 0.2) is 0 Å². The Labute approximate surface area is 212 Å². The van der Waals surface area contributed by atoms with Crippen molar-refractivity contribution in [3.8, 4) is 0 Å². The Morgan fingerprint density at radius 3 is 2.42 bits per heavy atom. The number of nitrogens with zero attached hydrogens (tertiary/aromatic N) is 3. The Kier molecular flexibility index (Phi) is 6.43. The van der Waals surface area contributed by atoms with Crippen molar-refractivity contribution in [1.29, 1.82) is 0 Å². The first-order valence-corrected chi connectivity index (χ1v) is 12.1. The van der Waals surface area contributed by atoms with Crippen LogP contribution in [0.3, 0.4) is 0 Å². The van der Waals surface area contributed by atoms with Crippen molar-refractivity contribution in [3.63, 3.8) is 0 Å². The molecule has 1 unspecified atom stereocenters. The standard InChI is InChI=1S/C26H35BN4O5/c1-24(2)25(3,4)36-27(35-24)17-12-11-16-14-31(22(33)18(16)13-17)26(5,23(28)34)19(15-32)20-9-8-10-21(29-20)30(6)7/h8-13,19,32H,14-15H2,1-7H3,(H2,28,34)/t19-,26?/m1/s1. The largest absolute Gasteiger partial charge is 0.494 e. The summed E-state index contributed by atoms with van der Waals surface area (Å²) in [5.41, 5.74) is 5.80. The highest BCUT2D eigenvalue weighted by Crippen LogP contribution is 2.40. The molecule has 0 radical (unpaired) electrons. The van der Waals surface area contributed by atoms with Gasteiger partial charge in [-0.1, -0.05) is 18.2 Å². The van der Waals surface area contributed by atoms with E-state index in [1.54, 1.807) is 25.1 Å². The molecule has 1 aromatic heterocycles. The van der Waals surface area contributed by atoms with Crippen molar-refractivity contribution >= 4 is 30.2 Å². The molecule has 2 aliphatic heterocycles. The minimum Gasteiger partial charge on any atom is -0.399 e. The zero-order chi connectivity index (χ0) is 26.6. The average molecular weight is 494 g/mol. The number of amides is 2. The molecule has 1 saturated heterocycles. The quantitative estimate of drug-likeness (QED) is 0.559. The number of carbonyl (C=O) groups is 2. The highest BCUT2D eigenvalue weighted by molar-refractivity contribution is 6.62. The highest BCUT2D eigenvalue weighted by atomic mass is 16.7. The number of carbonyl (C=O) groups excluding carboxylic acids is 2. The van der Waals surface area contributed by atoms with E-state index in [2.05, 4.69) is 4.98 Å². The molecule has 0 saturated carbocycles. The summed E-state index contributed by atoms with van der Waals surface area (Å²) in [5, 5.41) is 10.4. The molecule has 4 rings (SSSR count). The summed E-state index contributed by atoms with van der Waals surface area (Å²) in [6.45, 7) is 9.25. The molecule has 3 heterocycles. The summed E-state index contributed by atoms with van der Waals surface area (Å²) >= 11 is 0. The summed E-state index contributed by atoms with van der Waals surface area (Å²) in [5.74, 6) is -1.21. The van der Waals surface area contributed by atoms with E-state index in [1.807, 2.05) is 64.9 Å². The summed E-state index contributed by atoms with van der Waals surface area (Å²) < 4.78 is 12.3. The lowest BCUT2D eigenvalue weighted by Crippen LogP contribution is -2.60. The summed E-state index contributed by atoms with van der Waals surface area (Å²) in [6.07, 6.45) is 0. The van der Waals surface area contributed by atoms with E-state index < -0.39 is 42.3 Å². The van der Waals surface area contributed by atoms with Gasteiger partial charge in [-0.15, -0.1) is 0 Å². The van der Waals surface area contributed by atoms with Crippen LogP contribution in [0.5, 0.6) is 0 Å². The Morgan fingerprint density at radius 2 is 1.86 bits per heavy atom. The lowest BCUT2D eigenvalue weighted by atomic mass is 9.78. The summed E-state index contributed by atoms with van der Waals surface area (Å²) in [6, 6.07) is 10.9. The van der Waals surface area contributed by atoms with Gasteiger partial charge in [0.05, 0.1) is 29.4 Å². The van der Waals surface area contributed by atoms with Crippen molar-refractivity contribution in [2.75, 3.05) is 25.6 Å². The first kappa shape index (κ1) is 26.1. The molecule has 0 bridgehead atoms. The fourth-order valence-electron chi connectivity index (χ4n) is 4.75. The topological polar surface area (TPSA) is 118 Å².